The van der Waals surface area contributed by atoms with Crippen LogP contribution in [0.3, 0.4) is 0 Å². The lowest BCUT2D eigenvalue weighted by Crippen LogP contribution is -2.67. The minimum atomic E-state index is -0.511. The fourth-order valence-electron chi connectivity index (χ4n) is 2.20. The number of amides is 2. The molecule has 0 radical (unpaired) electrons. The molecule has 1 N–H and O–H groups in total. The van der Waals surface area contributed by atoms with Gasteiger partial charge in [-0.2, -0.15) is 0 Å². The lowest BCUT2D eigenvalue weighted by molar-refractivity contribution is -0.153. The molecular weight excluding hydrogens is 228 g/mol. The van der Waals surface area contributed by atoms with Gasteiger partial charge < -0.3 is 10.2 Å². The number of terminal acetylenes is 1. The van der Waals surface area contributed by atoms with Gasteiger partial charge >= 0.3 is 0 Å². The van der Waals surface area contributed by atoms with Crippen molar-refractivity contribution in [3.63, 3.8) is 0 Å². The van der Waals surface area contributed by atoms with E-state index >= 15 is 0 Å². The molecule has 1 heterocycles. The number of hydrogen-bond donors (Lipinski definition) is 1. The molecule has 0 aromatic rings. The van der Waals surface area contributed by atoms with Crippen LogP contribution in [0.1, 0.15) is 41.0 Å². The molecule has 3 unspecified atom stereocenters. The number of rotatable bonds is 2. The minimum Gasteiger partial charge on any atom is -0.342 e. The van der Waals surface area contributed by atoms with E-state index in [4.69, 9.17) is 6.42 Å². The molecule has 0 aliphatic carbocycles. The van der Waals surface area contributed by atoms with Gasteiger partial charge in [0.2, 0.25) is 11.8 Å². The van der Waals surface area contributed by atoms with Crippen molar-refractivity contribution in [2.24, 2.45) is 5.41 Å². The van der Waals surface area contributed by atoms with Crippen LogP contribution < -0.4 is 5.32 Å². The Labute approximate surface area is 109 Å². The summed E-state index contributed by atoms with van der Waals surface area (Å²) < 4.78 is 0. The highest BCUT2D eigenvalue weighted by molar-refractivity contribution is 5.97. The van der Waals surface area contributed by atoms with Crippen LogP contribution in [0, 0.1) is 17.8 Å². The molecule has 100 valence electrons. The van der Waals surface area contributed by atoms with E-state index in [0.29, 0.717) is 6.42 Å². The zero-order valence-corrected chi connectivity index (χ0v) is 11.8. The predicted octanol–water partition coefficient (Wildman–Crippen LogP) is 1.16. The summed E-state index contributed by atoms with van der Waals surface area (Å²) in [6.07, 6.45) is 6.11. The molecule has 0 aromatic heterocycles. The van der Waals surface area contributed by atoms with E-state index in [2.05, 4.69) is 11.2 Å². The average molecular weight is 250 g/mol. The van der Waals surface area contributed by atoms with Crippen molar-refractivity contribution in [2.75, 3.05) is 0 Å². The van der Waals surface area contributed by atoms with Crippen LogP contribution in [0.4, 0.5) is 0 Å². The summed E-state index contributed by atoms with van der Waals surface area (Å²) in [4.78, 5) is 26.0. The Bertz CT molecular complexity index is 390. The van der Waals surface area contributed by atoms with Gasteiger partial charge in [0.1, 0.15) is 12.1 Å². The van der Waals surface area contributed by atoms with Crippen LogP contribution >= 0.6 is 0 Å². The van der Waals surface area contributed by atoms with Crippen molar-refractivity contribution >= 4 is 11.8 Å². The standard InChI is InChI=1S/C14H22N2O2/c1-7-10(8-2)16-9(3)12(17)15-11(13(16)18)14(4,5)6/h1,9-11H,8H2,2-6H3,(H,15,17). The highest BCUT2D eigenvalue weighted by Crippen LogP contribution is 2.26. The largest absolute Gasteiger partial charge is 0.342 e. The van der Waals surface area contributed by atoms with Crippen molar-refractivity contribution in [3.05, 3.63) is 0 Å². The highest BCUT2D eigenvalue weighted by Gasteiger charge is 2.45. The Morgan fingerprint density at radius 3 is 2.39 bits per heavy atom. The molecule has 1 rings (SSSR count). The number of nitrogens with one attached hydrogen (secondary N) is 1. The Balaban J connectivity index is 3.12. The molecule has 4 nitrogen and oxygen atoms in total. The van der Waals surface area contributed by atoms with Gasteiger partial charge in [0.25, 0.3) is 0 Å². The van der Waals surface area contributed by atoms with Crippen molar-refractivity contribution in [2.45, 2.75) is 59.2 Å². The van der Waals surface area contributed by atoms with Crippen LogP contribution in [0.25, 0.3) is 0 Å². The minimum absolute atomic E-state index is 0.0839. The lowest BCUT2D eigenvalue weighted by atomic mass is 9.83. The lowest BCUT2D eigenvalue weighted by Gasteiger charge is -2.44. The van der Waals surface area contributed by atoms with Gasteiger partial charge in [0.05, 0.1) is 6.04 Å². The molecule has 0 spiro atoms. The maximum Gasteiger partial charge on any atom is 0.247 e. The van der Waals surface area contributed by atoms with E-state index < -0.39 is 12.1 Å². The number of hydrogen-bond acceptors (Lipinski definition) is 2. The quantitative estimate of drug-likeness (QED) is 0.748. The predicted molar refractivity (Wildman–Crippen MR) is 70.6 cm³/mol. The molecule has 0 bridgehead atoms. The van der Waals surface area contributed by atoms with E-state index in [-0.39, 0.29) is 23.3 Å². The second-order valence-corrected chi connectivity index (χ2v) is 5.82. The number of nitrogens with zero attached hydrogens (tertiary/aromatic N) is 1. The summed E-state index contributed by atoms with van der Waals surface area (Å²) in [6, 6.07) is -1.33. The first-order valence-corrected chi connectivity index (χ1v) is 6.32. The van der Waals surface area contributed by atoms with Gasteiger partial charge in [-0.05, 0) is 18.8 Å². The summed E-state index contributed by atoms with van der Waals surface area (Å²) in [7, 11) is 0. The topological polar surface area (TPSA) is 49.4 Å². The molecule has 0 aromatic carbocycles. The Morgan fingerprint density at radius 1 is 1.44 bits per heavy atom. The monoisotopic (exact) mass is 250 g/mol. The Hall–Kier alpha value is -1.50. The smallest absolute Gasteiger partial charge is 0.247 e. The van der Waals surface area contributed by atoms with E-state index in [1.54, 1.807) is 11.8 Å². The van der Waals surface area contributed by atoms with Crippen molar-refractivity contribution < 1.29 is 9.59 Å². The van der Waals surface area contributed by atoms with Gasteiger partial charge in [-0.3, -0.25) is 9.59 Å². The molecule has 3 atom stereocenters. The first kappa shape index (κ1) is 14.6. The van der Waals surface area contributed by atoms with Crippen molar-refractivity contribution in [1.29, 1.82) is 0 Å². The summed E-state index contributed by atoms with van der Waals surface area (Å²) in [5.41, 5.74) is -0.321. The summed E-state index contributed by atoms with van der Waals surface area (Å²) in [5, 5.41) is 2.79. The SMILES string of the molecule is C#CC(CC)N1C(=O)C(C(C)(C)C)NC(=O)C1C. The van der Waals surface area contributed by atoms with Crippen LogP contribution in [-0.4, -0.2) is 34.8 Å². The van der Waals surface area contributed by atoms with E-state index in [0.717, 1.165) is 0 Å². The maximum atomic E-state index is 12.5. The molecule has 2 amide bonds. The Morgan fingerprint density at radius 2 is 2.00 bits per heavy atom. The zero-order chi connectivity index (χ0) is 14.1. The van der Waals surface area contributed by atoms with Crippen LogP contribution in [0.15, 0.2) is 0 Å². The average Bonchev–Trinajstić information content (AvgIpc) is 2.27. The van der Waals surface area contributed by atoms with Crippen molar-refractivity contribution in [3.8, 4) is 12.3 Å². The molecule has 1 aliphatic rings. The second-order valence-electron chi connectivity index (χ2n) is 5.82. The number of carbonyl (C=O) groups is 2. The zero-order valence-electron chi connectivity index (χ0n) is 11.8. The van der Waals surface area contributed by atoms with Crippen LogP contribution in [0.2, 0.25) is 0 Å². The molecule has 4 heteroatoms. The van der Waals surface area contributed by atoms with Crippen LogP contribution in [-0.2, 0) is 9.59 Å². The van der Waals surface area contributed by atoms with Gasteiger partial charge in [-0.15, -0.1) is 6.42 Å². The molecule has 1 aliphatic heterocycles. The van der Waals surface area contributed by atoms with Crippen LogP contribution in [0.5, 0.6) is 0 Å². The van der Waals surface area contributed by atoms with Gasteiger partial charge in [-0.1, -0.05) is 33.6 Å². The summed E-state index contributed by atoms with van der Waals surface area (Å²) in [6.45, 7) is 9.43. The Kier molecular flexibility index (Phi) is 4.05. The van der Waals surface area contributed by atoms with E-state index in [1.165, 1.54) is 0 Å². The first-order chi connectivity index (χ1) is 8.23. The summed E-state index contributed by atoms with van der Waals surface area (Å²) >= 11 is 0. The maximum absolute atomic E-state index is 12.5. The fourth-order valence-corrected chi connectivity index (χ4v) is 2.20. The summed E-state index contributed by atoms with van der Waals surface area (Å²) in [5.74, 6) is 2.38. The molecular formula is C14H22N2O2. The van der Waals surface area contributed by atoms with Gasteiger partial charge in [0.15, 0.2) is 0 Å². The highest BCUT2D eigenvalue weighted by atomic mass is 16.2. The van der Waals surface area contributed by atoms with Gasteiger partial charge in [-0.25, -0.2) is 0 Å². The van der Waals surface area contributed by atoms with E-state index in [9.17, 15) is 9.59 Å². The third-order valence-electron chi connectivity index (χ3n) is 3.37. The molecule has 0 saturated carbocycles. The molecule has 18 heavy (non-hydrogen) atoms. The molecule has 1 saturated heterocycles. The number of carbonyl (C=O) groups excluding carboxylic acids is 2. The van der Waals surface area contributed by atoms with E-state index in [1.807, 2.05) is 27.7 Å². The third-order valence-corrected chi connectivity index (χ3v) is 3.37. The molecule has 1 fully saturated rings. The third kappa shape index (κ3) is 2.50. The van der Waals surface area contributed by atoms with Gasteiger partial charge in [0, 0.05) is 0 Å². The normalized spacial score (nSPS) is 26.6. The fraction of sp³-hybridized carbons (Fsp3) is 0.714. The second kappa shape index (κ2) is 5.01. The number of piperazine rings is 1. The van der Waals surface area contributed by atoms with Crippen molar-refractivity contribution in [1.82, 2.24) is 10.2 Å². The first-order valence-electron chi connectivity index (χ1n) is 6.32.